The summed E-state index contributed by atoms with van der Waals surface area (Å²) in [6.07, 6.45) is 12.8. The maximum absolute atomic E-state index is 13.3. The van der Waals surface area contributed by atoms with Crippen LogP contribution in [0.15, 0.2) is 0 Å². The Balaban J connectivity index is 0.793. The minimum Gasteiger partial charge on any atom is -0.481 e. The third kappa shape index (κ3) is 8.06. The summed E-state index contributed by atoms with van der Waals surface area (Å²) in [7, 11) is -3.86. The molecule has 6 N–H and O–H groups in total. The number of aliphatic hydroxyl groups is 4. The molecule has 0 aromatic heterocycles. The van der Waals surface area contributed by atoms with Gasteiger partial charge in [-0.3, -0.25) is 13.8 Å². The van der Waals surface area contributed by atoms with Crippen molar-refractivity contribution in [2.24, 2.45) is 92.7 Å². The summed E-state index contributed by atoms with van der Waals surface area (Å²) in [6.45, 7) is 13.6. The van der Waals surface area contributed by atoms with Crippen molar-refractivity contribution in [3.8, 4) is 0 Å². The van der Waals surface area contributed by atoms with Gasteiger partial charge in [0.05, 0.1) is 36.3 Å². The summed E-state index contributed by atoms with van der Waals surface area (Å²) in [6, 6.07) is 0. The van der Waals surface area contributed by atoms with Gasteiger partial charge in [0.1, 0.15) is 0 Å². The van der Waals surface area contributed by atoms with Crippen LogP contribution in [-0.2, 0) is 23.9 Å². The number of carboxylic acids is 1. The second-order valence-electron chi connectivity index (χ2n) is 24.0. The largest absolute Gasteiger partial charge is 0.481 e. The zero-order chi connectivity index (χ0) is 44.7. The Bertz CT molecular complexity index is 1760. The van der Waals surface area contributed by atoms with Gasteiger partial charge in [-0.2, -0.15) is 8.42 Å². The van der Waals surface area contributed by atoms with E-state index < -0.39 is 34.4 Å². The van der Waals surface area contributed by atoms with E-state index >= 15 is 0 Å². The second-order valence-corrected chi connectivity index (χ2v) is 25.7. The molecule has 8 fully saturated rings. The Morgan fingerprint density at radius 3 is 1.95 bits per heavy atom. The molecule has 0 heterocycles. The van der Waals surface area contributed by atoms with Crippen molar-refractivity contribution in [3.63, 3.8) is 0 Å². The molecule has 21 atom stereocenters. The third-order valence-electron chi connectivity index (χ3n) is 21.6. The first-order valence-electron chi connectivity index (χ1n) is 25.2. The van der Waals surface area contributed by atoms with E-state index in [2.05, 4.69) is 46.9 Å². The van der Waals surface area contributed by atoms with Crippen molar-refractivity contribution in [2.75, 3.05) is 12.3 Å². The lowest BCUT2D eigenvalue weighted by Gasteiger charge is -2.63. The Labute approximate surface area is 372 Å². The van der Waals surface area contributed by atoms with E-state index in [0.717, 1.165) is 77.0 Å². The standard InChI is InChI=1S/C50H83NO10S/c1-28(36-12-14-38-46-40(27-43(55)50(36,38)6)48(4)19-17-32(52)23-31(48)25-41(46)53)7-15-44(56)51-21-22-62(59,60)61-33-18-20-47(3)30(24-33)9-10-34-37-13-11-35(29(2)8-16-45(57)58)49(37,5)42(54)26-39(34)47/h28-43,46,52-55H,7-27H2,1-6H3,(H,51,56)(H,57,58)/t28-,29-,30-,31?,32-,33-,34+,35-,36-,37+,38?,39+,40?,41-,42+,43+,46?,47+,48+,49-,50-/m1/s1. The van der Waals surface area contributed by atoms with Crippen LogP contribution in [0.1, 0.15) is 164 Å². The van der Waals surface area contributed by atoms with Gasteiger partial charge in [-0.05, 0) is 202 Å². The number of carbonyl (C=O) groups excluding carboxylic acids is 1. The number of aliphatic hydroxyl groups excluding tert-OH is 4. The molecular formula is C50H83NO10S. The summed E-state index contributed by atoms with van der Waals surface area (Å²) in [4.78, 5) is 24.5. The van der Waals surface area contributed by atoms with Crippen molar-refractivity contribution >= 4 is 22.0 Å². The van der Waals surface area contributed by atoms with Gasteiger partial charge in [0.25, 0.3) is 10.1 Å². The number of hydrogen-bond donors (Lipinski definition) is 6. The van der Waals surface area contributed by atoms with Gasteiger partial charge in [0.15, 0.2) is 0 Å². The molecule has 0 aromatic rings. The van der Waals surface area contributed by atoms with Crippen LogP contribution >= 0.6 is 0 Å². The molecule has 8 aliphatic rings. The molecule has 354 valence electrons. The first kappa shape index (κ1) is 47.2. The molecule has 0 aliphatic heterocycles. The summed E-state index contributed by atoms with van der Waals surface area (Å²) >= 11 is 0. The lowest BCUT2D eigenvalue weighted by Crippen LogP contribution is -2.62. The minimum absolute atomic E-state index is 0.000801. The lowest BCUT2D eigenvalue weighted by atomic mass is 9.43. The summed E-state index contributed by atoms with van der Waals surface area (Å²) < 4.78 is 32.5. The zero-order valence-corrected chi connectivity index (χ0v) is 39.7. The van der Waals surface area contributed by atoms with Gasteiger partial charge in [-0.1, -0.05) is 41.5 Å². The molecule has 0 saturated heterocycles. The number of fused-ring (bicyclic) bond motifs is 10. The summed E-state index contributed by atoms with van der Waals surface area (Å²) in [5.41, 5.74) is -0.489. The van der Waals surface area contributed by atoms with Crippen molar-refractivity contribution in [2.45, 2.75) is 194 Å². The van der Waals surface area contributed by atoms with E-state index in [9.17, 15) is 43.5 Å². The topological polar surface area (TPSA) is 191 Å². The van der Waals surface area contributed by atoms with Crippen molar-refractivity contribution < 1.29 is 47.7 Å². The first-order valence-corrected chi connectivity index (χ1v) is 26.8. The predicted molar refractivity (Wildman–Crippen MR) is 237 cm³/mol. The Kier molecular flexibility index (Phi) is 13.2. The monoisotopic (exact) mass is 890 g/mol. The molecule has 0 spiro atoms. The molecule has 11 nitrogen and oxygen atoms in total. The average molecular weight is 890 g/mol. The molecule has 4 unspecified atom stereocenters. The van der Waals surface area contributed by atoms with E-state index in [4.69, 9.17) is 4.18 Å². The molecule has 8 aliphatic carbocycles. The van der Waals surface area contributed by atoms with Crippen LogP contribution in [0.3, 0.4) is 0 Å². The van der Waals surface area contributed by atoms with E-state index in [-0.39, 0.29) is 106 Å². The molecular weight excluding hydrogens is 807 g/mol. The number of carboxylic acid groups (broad SMARTS) is 1. The number of amides is 1. The highest BCUT2D eigenvalue weighted by Crippen LogP contribution is 2.70. The zero-order valence-electron chi connectivity index (χ0n) is 38.8. The number of rotatable bonds is 13. The number of hydrogen-bond acceptors (Lipinski definition) is 9. The smallest absolute Gasteiger partial charge is 0.303 e. The van der Waals surface area contributed by atoms with Crippen LogP contribution in [-0.4, -0.2) is 88.6 Å². The average Bonchev–Trinajstić information content (AvgIpc) is 3.76. The normalized spacial score (nSPS) is 49.5. The van der Waals surface area contributed by atoms with E-state index in [0.29, 0.717) is 61.7 Å². The predicted octanol–water partition coefficient (Wildman–Crippen LogP) is 7.33. The van der Waals surface area contributed by atoms with Crippen molar-refractivity contribution in [3.05, 3.63) is 0 Å². The molecule has 1 amide bonds. The van der Waals surface area contributed by atoms with Crippen LogP contribution < -0.4 is 5.32 Å². The number of carbonyl (C=O) groups is 2. The van der Waals surface area contributed by atoms with Crippen LogP contribution in [0.2, 0.25) is 0 Å². The van der Waals surface area contributed by atoms with Crippen molar-refractivity contribution in [1.29, 1.82) is 0 Å². The number of aliphatic carboxylic acids is 1. The molecule has 0 radical (unpaired) electrons. The molecule has 8 rings (SSSR count). The minimum atomic E-state index is -3.86. The SMILES string of the molecule is C[C@H](CCC(=O)NCCS(=O)(=O)O[C@@H]1CC[C@@]2(C)[C@H](CC[C@@H]3[C@@H]2C[C@H](O)[C@]2(C)[C@@H]([C@H](C)CCC(=O)O)CC[C@@H]32)C1)[C@H]1CCC2C3C(C[C@H](O)[C@@]21C)[C@@]1(C)CC[C@@H](O)CC1C[C@H]3O. The highest BCUT2D eigenvalue weighted by Gasteiger charge is 2.67. The summed E-state index contributed by atoms with van der Waals surface area (Å²) in [5, 5.41) is 58.1. The van der Waals surface area contributed by atoms with Crippen LogP contribution in [0.25, 0.3) is 0 Å². The van der Waals surface area contributed by atoms with Gasteiger partial charge in [0.2, 0.25) is 5.91 Å². The van der Waals surface area contributed by atoms with Gasteiger partial charge in [-0.25, -0.2) is 0 Å². The maximum Gasteiger partial charge on any atom is 0.303 e. The van der Waals surface area contributed by atoms with Gasteiger partial charge < -0.3 is 30.8 Å². The van der Waals surface area contributed by atoms with Crippen molar-refractivity contribution in [1.82, 2.24) is 5.32 Å². The van der Waals surface area contributed by atoms with Crippen LogP contribution in [0.5, 0.6) is 0 Å². The molecule has 62 heavy (non-hydrogen) atoms. The lowest BCUT2D eigenvalue weighted by molar-refractivity contribution is -0.207. The Morgan fingerprint density at radius 1 is 0.677 bits per heavy atom. The fourth-order valence-corrected chi connectivity index (χ4v) is 19.2. The first-order chi connectivity index (χ1) is 29.1. The van der Waals surface area contributed by atoms with Gasteiger partial charge in [-0.15, -0.1) is 0 Å². The van der Waals surface area contributed by atoms with Crippen LogP contribution in [0, 0.1) is 92.7 Å². The molecule has 0 bridgehead atoms. The highest BCUT2D eigenvalue weighted by molar-refractivity contribution is 7.86. The van der Waals surface area contributed by atoms with E-state index in [1.54, 1.807) is 0 Å². The van der Waals surface area contributed by atoms with Gasteiger partial charge in [0, 0.05) is 19.4 Å². The third-order valence-corrected chi connectivity index (χ3v) is 22.9. The highest BCUT2D eigenvalue weighted by atomic mass is 32.2. The van der Waals surface area contributed by atoms with Crippen LogP contribution in [0.4, 0.5) is 0 Å². The fourth-order valence-electron chi connectivity index (χ4n) is 18.1. The quantitative estimate of drug-likeness (QED) is 0.102. The van der Waals surface area contributed by atoms with E-state index in [1.165, 1.54) is 0 Å². The molecule has 8 saturated carbocycles. The fraction of sp³-hybridized carbons (Fsp3) is 0.960. The number of nitrogens with one attached hydrogen (secondary N) is 1. The van der Waals surface area contributed by atoms with Gasteiger partial charge >= 0.3 is 5.97 Å². The van der Waals surface area contributed by atoms with E-state index in [1.807, 2.05) is 0 Å². The second kappa shape index (κ2) is 17.4. The maximum atomic E-state index is 13.3. The Hall–Kier alpha value is -1.31. The Morgan fingerprint density at radius 2 is 1.27 bits per heavy atom. The molecule has 12 heteroatoms. The molecule has 0 aromatic carbocycles. The summed E-state index contributed by atoms with van der Waals surface area (Å²) in [5.74, 6) is 2.35.